The van der Waals surface area contributed by atoms with E-state index in [1.165, 1.54) is 4.31 Å². The molecule has 6 nitrogen and oxygen atoms in total. The van der Waals surface area contributed by atoms with Crippen molar-refractivity contribution >= 4 is 15.7 Å². The number of hydrogen-bond acceptors (Lipinski definition) is 5. The summed E-state index contributed by atoms with van der Waals surface area (Å²) >= 11 is 0. The summed E-state index contributed by atoms with van der Waals surface area (Å²) in [6, 6.07) is 13.6. The Hall–Kier alpha value is -2.09. The van der Waals surface area contributed by atoms with Crippen molar-refractivity contribution in [2.75, 3.05) is 37.6 Å². The van der Waals surface area contributed by atoms with E-state index in [0.717, 1.165) is 31.5 Å². The van der Waals surface area contributed by atoms with Gasteiger partial charge in [0.15, 0.2) is 0 Å². The van der Waals surface area contributed by atoms with Crippen LogP contribution in [-0.4, -0.2) is 57.8 Å². The highest BCUT2D eigenvalue weighted by atomic mass is 32.2. The van der Waals surface area contributed by atoms with Crippen molar-refractivity contribution in [2.24, 2.45) is 0 Å². The molecule has 2 aromatic rings. The van der Waals surface area contributed by atoms with E-state index < -0.39 is 16.1 Å². The summed E-state index contributed by atoms with van der Waals surface area (Å²) in [6.45, 7) is 8.26. The van der Waals surface area contributed by atoms with Gasteiger partial charge in [-0.1, -0.05) is 31.5 Å². The van der Waals surface area contributed by atoms with Crippen LogP contribution in [0.1, 0.15) is 32.3 Å². The van der Waals surface area contributed by atoms with Gasteiger partial charge in [-0.3, -0.25) is 4.31 Å². The first-order valence-electron chi connectivity index (χ1n) is 10.5. The van der Waals surface area contributed by atoms with Crippen LogP contribution in [0.25, 0.3) is 0 Å². The smallest absolute Gasteiger partial charge is 0.264 e. The zero-order valence-corrected chi connectivity index (χ0v) is 19.2. The highest BCUT2D eigenvalue weighted by Gasteiger charge is 2.28. The summed E-state index contributed by atoms with van der Waals surface area (Å²) in [5.41, 5.74) is 1.48. The van der Waals surface area contributed by atoms with Crippen molar-refractivity contribution in [3.8, 4) is 5.75 Å². The van der Waals surface area contributed by atoms with Crippen molar-refractivity contribution in [1.82, 2.24) is 4.90 Å². The van der Waals surface area contributed by atoms with Gasteiger partial charge in [0.1, 0.15) is 5.75 Å². The molecule has 0 saturated heterocycles. The van der Waals surface area contributed by atoms with Crippen molar-refractivity contribution in [3.63, 3.8) is 0 Å². The Kier molecular flexibility index (Phi) is 9.14. The highest BCUT2D eigenvalue weighted by molar-refractivity contribution is 7.92. The number of sulfonamides is 1. The molecule has 0 spiro atoms. The fourth-order valence-corrected chi connectivity index (χ4v) is 4.90. The lowest BCUT2D eigenvalue weighted by atomic mass is 10.2. The molecule has 0 aliphatic carbocycles. The van der Waals surface area contributed by atoms with E-state index in [4.69, 9.17) is 4.74 Å². The predicted octanol–water partition coefficient (Wildman–Crippen LogP) is 3.68. The van der Waals surface area contributed by atoms with E-state index in [-0.39, 0.29) is 11.4 Å². The van der Waals surface area contributed by atoms with Gasteiger partial charge in [-0.15, -0.1) is 0 Å². The average molecular weight is 435 g/mol. The fraction of sp³-hybridized carbons (Fsp3) is 0.478. The largest absolute Gasteiger partial charge is 0.497 e. The van der Waals surface area contributed by atoms with Gasteiger partial charge in [0.25, 0.3) is 10.0 Å². The minimum absolute atomic E-state index is 0.0214. The normalized spacial score (nSPS) is 12.7. The van der Waals surface area contributed by atoms with Crippen LogP contribution in [0.4, 0.5) is 5.69 Å². The molecule has 1 atom stereocenters. The number of methoxy groups -OCH3 is 1. The molecule has 0 aliphatic rings. The van der Waals surface area contributed by atoms with Gasteiger partial charge in [-0.2, -0.15) is 0 Å². The lowest BCUT2D eigenvalue weighted by molar-refractivity contribution is 0.119. The van der Waals surface area contributed by atoms with Crippen LogP contribution >= 0.6 is 0 Å². The second-order valence-electron chi connectivity index (χ2n) is 7.50. The third-order valence-electron chi connectivity index (χ3n) is 4.89. The lowest BCUT2D eigenvalue weighted by Gasteiger charge is -2.30. The Morgan fingerprint density at radius 1 is 0.933 bits per heavy atom. The standard InChI is InChI=1S/C23H34N2O4S/c1-5-15-24(16-6-2)17-21(26)18-25(20-9-11-22(29-4)12-10-20)30(27,28)23-13-7-19(3)8-14-23/h7-14,21,26H,5-6,15-18H2,1-4H3/t21-/m0/s1. The maximum atomic E-state index is 13.4. The number of aryl methyl sites for hydroxylation is 1. The lowest BCUT2D eigenvalue weighted by Crippen LogP contribution is -2.43. The van der Waals surface area contributed by atoms with E-state index in [9.17, 15) is 13.5 Å². The zero-order valence-electron chi connectivity index (χ0n) is 18.4. The van der Waals surface area contributed by atoms with Gasteiger partial charge in [0.2, 0.25) is 0 Å². The summed E-state index contributed by atoms with van der Waals surface area (Å²) in [4.78, 5) is 2.38. The van der Waals surface area contributed by atoms with Crippen LogP contribution in [-0.2, 0) is 10.0 Å². The maximum Gasteiger partial charge on any atom is 0.264 e. The van der Waals surface area contributed by atoms with Crippen molar-refractivity contribution in [1.29, 1.82) is 0 Å². The molecule has 0 aliphatic heterocycles. The zero-order chi connectivity index (χ0) is 22.1. The molecule has 0 heterocycles. The van der Waals surface area contributed by atoms with E-state index in [2.05, 4.69) is 18.7 Å². The molecule has 0 fully saturated rings. The van der Waals surface area contributed by atoms with E-state index in [1.807, 2.05) is 6.92 Å². The molecule has 30 heavy (non-hydrogen) atoms. The van der Waals surface area contributed by atoms with Crippen LogP contribution in [0, 0.1) is 6.92 Å². The molecule has 0 unspecified atom stereocenters. The van der Waals surface area contributed by atoms with E-state index in [1.54, 1.807) is 55.6 Å². The SMILES string of the molecule is CCCN(CCC)C[C@H](O)CN(c1ccc(OC)cc1)S(=O)(=O)c1ccc(C)cc1. The van der Waals surface area contributed by atoms with Crippen LogP contribution in [0.5, 0.6) is 5.75 Å². The summed E-state index contributed by atoms with van der Waals surface area (Å²) in [6.07, 6.45) is 1.15. The average Bonchev–Trinajstić information content (AvgIpc) is 2.73. The van der Waals surface area contributed by atoms with Gasteiger partial charge >= 0.3 is 0 Å². The summed E-state index contributed by atoms with van der Waals surface area (Å²) in [7, 11) is -2.27. The molecule has 2 aromatic carbocycles. The number of ether oxygens (including phenoxy) is 1. The molecule has 0 aromatic heterocycles. The molecule has 166 valence electrons. The number of aliphatic hydroxyl groups excluding tert-OH is 1. The summed E-state index contributed by atoms with van der Waals surface area (Å²) in [5.74, 6) is 0.643. The number of anilines is 1. The Morgan fingerprint density at radius 2 is 1.50 bits per heavy atom. The fourth-order valence-electron chi connectivity index (χ4n) is 3.40. The summed E-state index contributed by atoms with van der Waals surface area (Å²) in [5, 5.41) is 10.8. The first-order valence-corrected chi connectivity index (χ1v) is 11.9. The molecule has 7 heteroatoms. The Bertz CT molecular complexity index is 861. The first kappa shape index (κ1) is 24.2. The Morgan fingerprint density at radius 3 is 2.00 bits per heavy atom. The molecule has 0 radical (unpaired) electrons. The van der Waals surface area contributed by atoms with Crippen molar-refractivity contribution in [2.45, 2.75) is 44.6 Å². The molecule has 0 amide bonds. The Balaban J connectivity index is 2.34. The first-order chi connectivity index (χ1) is 14.3. The number of aliphatic hydroxyl groups is 1. The van der Waals surface area contributed by atoms with Crippen molar-refractivity contribution in [3.05, 3.63) is 54.1 Å². The second kappa shape index (κ2) is 11.3. The third-order valence-corrected chi connectivity index (χ3v) is 6.70. The molecule has 0 saturated carbocycles. The van der Waals surface area contributed by atoms with Crippen molar-refractivity contribution < 1.29 is 18.3 Å². The van der Waals surface area contributed by atoms with Crippen LogP contribution in [0.2, 0.25) is 0 Å². The van der Waals surface area contributed by atoms with Gasteiger partial charge < -0.3 is 14.7 Å². The van der Waals surface area contributed by atoms with Gasteiger partial charge in [0, 0.05) is 6.54 Å². The predicted molar refractivity (Wildman–Crippen MR) is 122 cm³/mol. The number of hydrogen-bond donors (Lipinski definition) is 1. The maximum absolute atomic E-state index is 13.4. The quantitative estimate of drug-likeness (QED) is 0.552. The minimum atomic E-state index is -3.83. The third kappa shape index (κ3) is 6.45. The number of nitrogens with zero attached hydrogens (tertiary/aromatic N) is 2. The topological polar surface area (TPSA) is 70.1 Å². The number of rotatable bonds is 12. The molecular formula is C23H34N2O4S. The summed E-state index contributed by atoms with van der Waals surface area (Å²) < 4.78 is 33.4. The minimum Gasteiger partial charge on any atom is -0.497 e. The molecule has 0 bridgehead atoms. The van der Waals surface area contributed by atoms with E-state index >= 15 is 0 Å². The Labute approximate surface area is 181 Å². The van der Waals surface area contributed by atoms with Gasteiger partial charge in [-0.25, -0.2) is 8.42 Å². The van der Waals surface area contributed by atoms with Crippen LogP contribution < -0.4 is 9.04 Å². The van der Waals surface area contributed by atoms with E-state index in [0.29, 0.717) is 18.0 Å². The van der Waals surface area contributed by atoms with Crippen LogP contribution in [0.15, 0.2) is 53.4 Å². The van der Waals surface area contributed by atoms with Gasteiger partial charge in [-0.05, 0) is 69.3 Å². The second-order valence-corrected chi connectivity index (χ2v) is 9.36. The molecule has 2 rings (SSSR count). The highest BCUT2D eigenvalue weighted by Crippen LogP contribution is 2.26. The monoisotopic (exact) mass is 434 g/mol. The number of benzene rings is 2. The van der Waals surface area contributed by atoms with Crippen LogP contribution in [0.3, 0.4) is 0 Å². The van der Waals surface area contributed by atoms with Gasteiger partial charge in [0.05, 0.1) is 30.3 Å². The molecular weight excluding hydrogens is 400 g/mol. The molecule has 1 N–H and O–H groups in total.